The van der Waals surface area contributed by atoms with Crippen LogP contribution in [-0.4, -0.2) is 21.0 Å². The minimum atomic E-state index is -2.63. The number of pyridine rings is 2. The van der Waals surface area contributed by atoms with E-state index in [1.165, 1.54) is 28.7 Å². The molecule has 0 aromatic carbocycles. The van der Waals surface area contributed by atoms with Gasteiger partial charge in [0.25, 0.3) is 12.0 Å². The van der Waals surface area contributed by atoms with E-state index >= 15 is 0 Å². The first-order chi connectivity index (χ1) is 11.8. The topological polar surface area (TPSA) is 70.7 Å². The molecule has 25 heavy (non-hydrogen) atoms. The zero-order valence-electron chi connectivity index (χ0n) is 13.6. The summed E-state index contributed by atoms with van der Waals surface area (Å²) in [4.78, 5) is 24.5. The summed E-state index contributed by atoms with van der Waals surface area (Å²) in [6, 6.07) is 1.56. The fraction of sp³-hybridized carbons (Fsp3) is 0.312. The zero-order valence-corrected chi connectivity index (χ0v) is 15.2. The van der Waals surface area contributed by atoms with Crippen molar-refractivity contribution in [1.29, 1.82) is 0 Å². The molecule has 4 heterocycles. The number of rotatable bonds is 3. The van der Waals surface area contributed by atoms with Gasteiger partial charge in [0, 0.05) is 11.4 Å². The number of nitrogens with one attached hydrogen (secondary N) is 2. The van der Waals surface area contributed by atoms with E-state index in [9.17, 15) is 13.6 Å². The Labute approximate surface area is 148 Å². The van der Waals surface area contributed by atoms with Crippen LogP contribution in [0.2, 0.25) is 0 Å². The number of nitrogens with zero attached hydrogens (tertiary/aromatic N) is 2. The van der Waals surface area contributed by atoms with Crippen molar-refractivity contribution >= 4 is 58.5 Å². The Morgan fingerprint density at radius 2 is 1.96 bits per heavy atom. The van der Waals surface area contributed by atoms with Gasteiger partial charge in [-0.1, -0.05) is 11.3 Å². The third-order valence-electron chi connectivity index (χ3n) is 3.80. The Kier molecular flexibility index (Phi) is 3.73. The highest BCUT2D eigenvalue weighted by Gasteiger charge is 2.20. The molecule has 0 amide bonds. The molecule has 0 radical (unpaired) electrons. The maximum absolute atomic E-state index is 13.0. The van der Waals surface area contributed by atoms with Crippen LogP contribution in [-0.2, 0) is 0 Å². The van der Waals surface area contributed by atoms with Crippen LogP contribution in [0.1, 0.15) is 31.5 Å². The predicted molar refractivity (Wildman–Crippen MR) is 99.4 cm³/mol. The normalized spacial score (nSPS) is 12.3. The number of aromatic amines is 1. The second-order valence-corrected chi connectivity index (χ2v) is 8.10. The molecule has 0 unspecified atom stereocenters. The van der Waals surface area contributed by atoms with E-state index in [1.54, 1.807) is 6.92 Å². The first-order valence-electron chi connectivity index (χ1n) is 7.66. The number of thiophene rings is 1. The summed E-state index contributed by atoms with van der Waals surface area (Å²) < 4.78 is 27.4. The van der Waals surface area contributed by atoms with Crippen LogP contribution in [0.3, 0.4) is 0 Å². The molecule has 0 atom stereocenters. The molecule has 0 saturated heterocycles. The Hall–Kier alpha value is -2.13. The summed E-state index contributed by atoms with van der Waals surface area (Å²) in [6.45, 7) is 5.73. The summed E-state index contributed by atoms with van der Waals surface area (Å²) in [5, 5.41) is 4.57. The molecule has 130 valence electrons. The number of anilines is 1. The third-order valence-corrected chi connectivity index (χ3v) is 5.88. The van der Waals surface area contributed by atoms with E-state index in [0.717, 1.165) is 4.70 Å². The molecule has 0 spiro atoms. The lowest BCUT2D eigenvalue weighted by Crippen LogP contribution is -2.08. The number of hydrogen-bond acceptors (Lipinski definition) is 6. The molecule has 9 heteroatoms. The molecule has 5 nitrogen and oxygen atoms in total. The standard InChI is InChI=1S/C16H14F2N4OS2/c1-5(2)19-16-22-10-11-9(21-14(23)12(10)25-16)8-6(3)4-7(13(17)18)20-15(8)24-11/h4-5,13H,1-3H3,(H,19,22)(H,21,23). The molecule has 0 aliphatic rings. The number of halogens is 2. The molecule has 4 aromatic heterocycles. The van der Waals surface area contributed by atoms with Crippen molar-refractivity contribution in [2.45, 2.75) is 33.2 Å². The minimum Gasteiger partial charge on any atom is -0.359 e. The summed E-state index contributed by atoms with van der Waals surface area (Å²) in [6.07, 6.45) is -2.63. The van der Waals surface area contributed by atoms with Crippen molar-refractivity contribution < 1.29 is 8.78 Å². The molecule has 2 N–H and O–H groups in total. The van der Waals surface area contributed by atoms with Crippen molar-refractivity contribution in [1.82, 2.24) is 15.0 Å². The first-order valence-corrected chi connectivity index (χ1v) is 9.29. The van der Waals surface area contributed by atoms with Gasteiger partial charge < -0.3 is 10.3 Å². The van der Waals surface area contributed by atoms with Crippen LogP contribution in [0.15, 0.2) is 10.9 Å². The van der Waals surface area contributed by atoms with Crippen LogP contribution in [0, 0.1) is 6.92 Å². The van der Waals surface area contributed by atoms with Gasteiger partial charge in [-0.25, -0.2) is 18.7 Å². The fourth-order valence-electron chi connectivity index (χ4n) is 2.81. The van der Waals surface area contributed by atoms with E-state index in [2.05, 4.69) is 20.3 Å². The smallest absolute Gasteiger partial charge is 0.280 e. The van der Waals surface area contributed by atoms with Gasteiger partial charge in [0.1, 0.15) is 20.7 Å². The number of H-pyrrole nitrogens is 1. The number of hydrogen-bond donors (Lipinski definition) is 2. The average Bonchev–Trinajstić information content (AvgIpc) is 3.08. The lowest BCUT2D eigenvalue weighted by atomic mass is 10.1. The maximum atomic E-state index is 13.0. The van der Waals surface area contributed by atoms with Gasteiger partial charge in [0.2, 0.25) is 0 Å². The van der Waals surface area contributed by atoms with Crippen molar-refractivity contribution in [2.75, 3.05) is 5.32 Å². The zero-order chi connectivity index (χ0) is 17.9. The summed E-state index contributed by atoms with van der Waals surface area (Å²) in [7, 11) is 0. The van der Waals surface area contributed by atoms with Crippen molar-refractivity contribution in [3.63, 3.8) is 0 Å². The van der Waals surface area contributed by atoms with Gasteiger partial charge in [-0.05, 0) is 32.4 Å². The summed E-state index contributed by atoms with van der Waals surface area (Å²) in [5.74, 6) is 0. The Bertz CT molecular complexity index is 1180. The van der Waals surface area contributed by atoms with E-state index in [-0.39, 0.29) is 17.3 Å². The predicted octanol–water partition coefficient (Wildman–Crippen LogP) is 4.81. The van der Waals surface area contributed by atoms with Gasteiger partial charge in [-0.15, -0.1) is 11.3 Å². The highest BCUT2D eigenvalue weighted by Crippen LogP contribution is 2.39. The fourth-order valence-corrected chi connectivity index (χ4v) is 5.10. The van der Waals surface area contributed by atoms with Crippen molar-refractivity contribution in [3.8, 4) is 0 Å². The van der Waals surface area contributed by atoms with Crippen LogP contribution in [0.5, 0.6) is 0 Å². The summed E-state index contributed by atoms with van der Waals surface area (Å²) >= 11 is 2.57. The van der Waals surface area contributed by atoms with E-state index < -0.39 is 6.43 Å². The number of aromatic nitrogens is 3. The van der Waals surface area contributed by atoms with Gasteiger partial charge in [-0.3, -0.25) is 4.79 Å². The van der Waals surface area contributed by atoms with E-state index in [1.807, 2.05) is 13.8 Å². The highest BCUT2D eigenvalue weighted by atomic mass is 32.1. The number of aryl methyl sites for hydroxylation is 1. The van der Waals surface area contributed by atoms with Gasteiger partial charge in [-0.2, -0.15) is 0 Å². The summed E-state index contributed by atoms with van der Waals surface area (Å²) in [5.41, 5.74) is 1.39. The lowest BCUT2D eigenvalue weighted by Gasteiger charge is -2.03. The Morgan fingerprint density at radius 1 is 1.20 bits per heavy atom. The van der Waals surface area contributed by atoms with Gasteiger partial charge in [0.05, 0.1) is 10.2 Å². The van der Waals surface area contributed by atoms with E-state index in [4.69, 9.17) is 0 Å². The van der Waals surface area contributed by atoms with Crippen LogP contribution in [0.4, 0.5) is 13.9 Å². The molecule has 4 rings (SSSR count). The van der Waals surface area contributed by atoms with Crippen molar-refractivity contribution in [3.05, 3.63) is 27.7 Å². The molecule has 0 fully saturated rings. The molecular weight excluding hydrogens is 366 g/mol. The number of fused-ring (bicyclic) bond motifs is 5. The number of thiazole rings is 1. The van der Waals surface area contributed by atoms with Gasteiger partial charge in [0.15, 0.2) is 5.13 Å². The molecule has 0 saturated carbocycles. The Morgan fingerprint density at radius 3 is 2.64 bits per heavy atom. The SMILES string of the molecule is Cc1cc(C(F)F)nc2sc3c4nc(NC(C)C)sc4c(=O)[nH]c3c12. The number of alkyl halides is 2. The molecule has 4 aromatic rings. The average molecular weight is 380 g/mol. The van der Waals surface area contributed by atoms with Crippen LogP contribution >= 0.6 is 22.7 Å². The van der Waals surface area contributed by atoms with Crippen LogP contribution < -0.4 is 10.9 Å². The van der Waals surface area contributed by atoms with Crippen molar-refractivity contribution in [2.24, 2.45) is 0 Å². The minimum absolute atomic E-state index is 0.190. The second kappa shape index (κ2) is 5.70. The molecule has 0 aliphatic heterocycles. The Balaban J connectivity index is 2.09. The molecule has 0 aliphatic carbocycles. The molecular formula is C16H14F2N4OS2. The second-order valence-electron chi connectivity index (χ2n) is 6.10. The highest BCUT2D eigenvalue weighted by molar-refractivity contribution is 7.27. The largest absolute Gasteiger partial charge is 0.359 e. The first kappa shape index (κ1) is 16.3. The van der Waals surface area contributed by atoms with E-state index in [0.29, 0.717) is 36.6 Å². The van der Waals surface area contributed by atoms with Crippen LogP contribution in [0.25, 0.3) is 30.6 Å². The maximum Gasteiger partial charge on any atom is 0.280 e. The monoisotopic (exact) mass is 380 g/mol. The van der Waals surface area contributed by atoms with Gasteiger partial charge >= 0.3 is 0 Å². The third kappa shape index (κ3) is 2.58. The lowest BCUT2D eigenvalue weighted by molar-refractivity contribution is 0.146. The quantitative estimate of drug-likeness (QED) is 0.535. The molecule has 0 bridgehead atoms.